The number of benzene rings is 1. The summed E-state index contributed by atoms with van der Waals surface area (Å²) in [6.45, 7) is 0.129. The SMILES string of the molecule is CS(=O)(=O)c1cc(C(=O)NCc2cc3nc(-c4cccc(C5CC5)n4)ccc3cn2)ccc1C#N. The van der Waals surface area contributed by atoms with Gasteiger partial charge in [-0.3, -0.25) is 14.8 Å². The molecule has 1 fully saturated rings. The molecule has 1 N–H and O–H groups in total. The van der Waals surface area contributed by atoms with Crippen molar-refractivity contribution in [2.45, 2.75) is 30.2 Å². The zero-order valence-corrected chi connectivity index (χ0v) is 19.7. The first-order valence-corrected chi connectivity index (χ1v) is 13.0. The minimum Gasteiger partial charge on any atom is -0.346 e. The Hall–Kier alpha value is -4.16. The van der Waals surface area contributed by atoms with E-state index in [9.17, 15) is 13.2 Å². The topological polar surface area (TPSA) is 126 Å². The van der Waals surface area contributed by atoms with E-state index in [1.165, 1.54) is 31.0 Å². The molecule has 0 spiro atoms. The van der Waals surface area contributed by atoms with Gasteiger partial charge in [-0.25, -0.2) is 13.4 Å². The summed E-state index contributed by atoms with van der Waals surface area (Å²) < 4.78 is 23.9. The maximum Gasteiger partial charge on any atom is 0.251 e. The third kappa shape index (κ3) is 4.88. The van der Waals surface area contributed by atoms with Gasteiger partial charge in [0.2, 0.25) is 0 Å². The average molecular weight is 484 g/mol. The molecule has 174 valence electrons. The number of amides is 1. The first-order chi connectivity index (χ1) is 16.8. The third-order valence-electron chi connectivity index (χ3n) is 5.85. The van der Waals surface area contributed by atoms with E-state index in [-0.39, 0.29) is 22.6 Å². The van der Waals surface area contributed by atoms with Crippen LogP contribution in [-0.4, -0.2) is 35.5 Å². The molecule has 9 heteroatoms. The van der Waals surface area contributed by atoms with Gasteiger partial charge in [0.05, 0.1) is 39.6 Å². The van der Waals surface area contributed by atoms with E-state index < -0.39 is 15.7 Å². The summed E-state index contributed by atoms with van der Waals surface area (Å²) in [5.41, 5.74) is 4.18. The zero-order valence-electron chi connectivity index (χ0n) is 18.9. The molecule has 1 amide bonds. The number of nitrogens with one attached hydrogen (secondary N) is 1. The Morgan fingerprint density at radius 3 is 2.63 bits per heavy atom. The van der Waals surface area contributed by atoms with E-state index in [0.717, 1.165) is 34.2 Å². The number of nitriles is 1. The van der Waals surface area contributed by atoms with Crippen LogP contribution in [0.3, 0.4) is 0 Å². The number of aromatic nitrogens is 3. The Balaban J connectivity index is 1.36. The van der Waals surface area contributed by atoms with Crippen molar-refractivity contribution in [2.75, 3.05) is 6.26 Å². The number of rotatable bonds is 6. The molecular formula is C26H21N5O3S. The molecule has 3 heterocycles. The normalized spacial score (nSPS) is 13.4. The molecule has 0 unspecified atom stereocenters. The second-order valence-corrected chi connectivity index (χ2v) is 10.5. The molecule has 0 radical (unpaired) electrons. The molecule has 4 aromatic rings. The Labute approximate surface area is 202 Å². The van der Waals surface area contributed by atoms with Crippen molar-refractivity contribution in [3.8, 4) is 17.5 Å². The van der Waals surface area contributed by atoms with Gasteiger partial charge in [0.15, 0.2) is 9.84 Å². The Bertz CT molecular complexity index is 1620. The molecule has 35 heavy (non-hydrogen) atoms. The van der Waals surface area contributed by atoms with Crippen LogP contribution in [0, 0.1) is 11.3 Å². The summed E-state index contributed by atoms with van der Waals surface area (Å²) >= 11 is 0. The summed E-state index contributed by atoms with van der Waals surface area (Å²) in [7, 11) is -3.65. The molecule has 1 saturated carbocycles. The molecule has 1 aromatic carbocycles. The predicted molar refractivity (Wildman–Crippen MR) is 130 cm³/mol. The van der Waals surface area contributed by atoms with Gasteiger partial charge < -0.3 is 5.32 Å². The van der Waals surface area contributed by atoms with Crippen molar-refractivity contribution >= 4 is 26.6 Å². The highest BCUT2D eigenvalue weighted by Gasteiger charge is 2.25. The predicted octanol–water partition coefficient (Wildman–Crippen LogP) is 3.77. The fourth-order valence-corrected chi connectivity index (χ4v) is 4.69. The highest BCUT2D eigenvalue weighted by Crippen LogP contribution is 2.39. The van der Waals surface area contributed by atoms with Crippen LogP contribution in [0.4, 0.5) is 0 Å². The van der Waals surface area contributed by atoms with Crippen LogP contribution >= 0.6 is 0 Å². The number of hydrogen-bond donors (Lipinski definition) is 1. The molecule has 1 aliphatic rings. The van der Waals surface area contributed by atoms with E-state index in [1.54, 1.807) is 6.20 Å². The van der Waals surface area contributed by atoms with Gasteiger partial charge in [-0.05, 0) is 61.4 Å². The summed E-state index contributed by atoms with van der Waals surface area (Å²) in [6, 6.07) is 17.5. The van der Waals surface area contributed by atoms with E-state index in [2.05, 4.69) is 16.4 Å². The van der Waals surface area contributed by atoms with Crippen molar-refractivity contribution in [3.63, 3.8) is 0 Å². The molecule has 0 bridgehead atoms. The summed E-state index contributed by atoms with van der Waals surface area (Å²) in [5, 5.41) is 12.8. The van der Waals surface area contributed by atoms with Crippen LogP contribution < -0.4 is 5.32 Å². The standard InChI is InChI=1S/C26H21N5O3S/c1-35(33,34)25-11-17(7-8-18(25)13-27)26(32)29-15-20-12-24-19(14-28-20)9-10-23(31-24)22-4-2-3-21(30-22)16-5-6-16/h2-4,7-12,14,16H,5-6,15H2,1H3,(H,29,32). The number of carbonyl (C=O) groups is 1. The minimum absolute atomic E-state index is 0.000665. The Morgan fingerprint density at radius 1 is 1.09 bits per heavy atom. The number of hydrogen-bond acceptors (Lipinski definition) is 7. The minimum atomic E-state index is -3.65. The number of sulfone groups is 1. The van der Waals surface area contributed by atoms with Gasteiger partial charge in [0, 0.05) is 35.0 Å². The number of nitrogens with zero attached hydrogens (tertiary/aromatic N) is 4. The Kier molecular flexibility index (Phi) is 5.75. The average Bonchev–Trinajstić information content (AvgIpc) is 3.71. The maximum atomic E-state index is 12.7. The van der Waals surface area contributed by atoms with E-state index >= 15 is 0 Å². The highest BCUT2D eigenvalue weighted by atomic mass is 32.2. The van der Waals surface area contributed by atoms with Crippen LogP contribution in [-0.2, 0) is 16.4 Å². The van der Waals surface area contributed by atoms with E-state index in [4.69, 9.17) is 15.2 Å². The third-order valence-corrected chi connectivity index (χ3v) is 6.99. The number of fused-ring (bicyclic) bond motifs is 1. The Morgan fingerprint density at radius 2 is 1.89 bits per heavy atom. The summed E-state index contributed by atoms with van der Waals surface area (Å²) in [4.78, 5) is 26.4. The summed E-state index contributed by atoms with van der Waals surface area (Å²) in [6.07, 6.45) is 5.06. The lowest BCUT2D eigenvalue weighted by Gasteiger charge is -2.09. The smallest absolute Gasteiger partial charge is 0.251 e. The molecule has 0 saturated heterocycles. The van der Waals surface area contributed by atoms with Crippen LogP contribution in [0.5, 0.6) is 0 Å². The number of pyridine rings is 3. The van der Waals surface area contributed by atoms with Gasteiger partial charge >= 0.3 is 0 Å². The molecule has 5 rings (SSSR count). The summed E-state index contributed by atoms with van der Waals surface area (Å²) in [5.74, 6) is 0.0866. The number of carbonyl (C=O) groups excluding carboxylic acids is 1. The van der Waals surface area contributed by atoms with Gasteiger partial charge in [-0.1, -0.05) is 6.07 Å². The first kappa shape index (κ1) is 22.6. The maximum absolute atomic E-state index is 12.7. The first-order valence-electron chi connectivity index (χ1n) is 11.1. The van der Waals surface area contributed by atoms with Crippen molar-refractivity contribution < 1.29 is 13.2 Å². The second kappa shape index (κ2) is 8.89. The fourth-order valence-electron chi connectivity index (χ4n) is 3.83. The van der Waals surface area contributed by atoms with Crippen LogP contribution in [0.25, 0.3) is 22.3 Å². The molecule has 8 nitrogen and oxygen atoms in total. The molecule has 0 aliphatic heterocycles. The van der Waals surface area contributed by atoms with Gasteiger partial charge in [0.1, 0.15) is 6.07 Å². The van der Waals surface area contributed by atoms with Gasteiger partial charge in [-0.2, -0.15) is 5.26 Å². The molecule has 1 aliphatic carbocycles. The lowest BCUT2D eigenvalue weighted by molar-refractivity contribution is 0.0950. The van der Waals surface area contributed by atoms with Crippen molar-refractivity contribution in [3.05, 3.63) is 83.3 Å². The van der Waals surface area contributed by atoms with Crippen molar-refractivity contribution in [2.24, 2.45) is 0 Å². The highest BCUT2D eigenvalue weighted by molar-refractivity contribution is 7.90. The van der Waals surface area contributed by atoms with Gasteiger partial charge in [0.25, 0.3) is 5.91 Å². The zero-order chi connectivity index (χ0) is 24.6. The van der Waals surface area contributed by atoms with E-state index in [0.29, 0.717) is 11.6 Å². The van der Waals surface area contributed by atoms with E-state index in [1.807, 2.05) is 36.4 Å². The van der Waals surface area contributed by atoms with Crippen LogP contribution in [0.1, 0.15) is 46.1 Å². The van der Waals surface area contributed by atoms with Crippen LogP contribution in [0.2, 0.25) is 0 Å². The fraction of sp³-hybridized carbons (Fsp3) is 0.192. The van der Waals surface area contributed by atoms with Crippen molar-refractivity contribution in [1.29, 1.82) is 5.26 Å². The lowest BCUT2D eigenvalue weighted by atomic mass is 10.1. The lowest BCUT2D eigenvalue weighted by Crippen LogP contribution is -2.23. The van der Waals surface area contributed by atoms with Crippen LogP contribution in [0.15, 0.2) is 65.7 Å². The monoisotopic (exact) mass is 483 g/mol. The van der Waals surface area contributed by atoms with Crippen molar-refractivity contribution in [1.82, 2.24) is 20.3 Å². The second-order valence-electron chi connectivity index (χ2n) is 8.56. The van der Waals surface area contributed by atoms with Gasteiger partial charge in [-0.15, -0.1) is 0 Å². The largest absolute Gasteiger partial charge is 0.346 e. The quantitative estimate of drug-likeness (QED) is 0.442. The molecule has 3 aromatic heterocycles. The molecular weight excluding hydrogens is 462 g/mol. The molecule has 0 atom stereocenters.